The second kappa shape index (κ2) is 6.27. The number of nitrogens with one attached hydrogen (secondary N) is 1. The summed E-state index contributed by atoms with van der Waals surface area (Å²) in [7, 11) is 1.97. The first kappa shape index (κ1) is 15.2. The second-order valence-electron chi connectivity index (χ2n) is 5.96. The smallest absolute Gasteiger partial charge is 0.154 e. The van der Waals surface area contributed by atoms with E-state index in [0.29, 0.717) is 0 Å². The Bertz CT molecular complexity index is 1020. The molecule has 3 aromatic heterocycles. The second-order valence-corrected chi connectivity index (χ2v) is 5.96. The molecule has 3 N–H and O–H groups in total. The molecule has 3 heterocycles. The molecule has 0 amide bonds. The molecule has 126 valence electrons. The third-order valence-electron chi connectivity index (χ3n) is 3.99. The fourth-order valence-electron chi connectivity index (χ4n) is 2.78. The van der Waals surface area contributed by atoms with Crippen LogP contribution < -0.4 is 11.1 Å². The topological polar surface area (TPSA) is 86.1 Å². The lowest BCUT2D eigenvalue weighted by Crippen LogP contribution is -2.08. The molecule has 1 aromatic carbocycles. The van der Waals surface area contributed by atoms with Gasteiger partial charge in [0.05, 0.1) is 23.9 Å². The lowest BCUT2D eigenvalue weighted by Gasteiger charge is -2.07. The lowest BCUT2D eigenvalue weighted by atomic mass is 10.1. The van der Waals surface area contributed by atoms with E-state index in [2.05, 4.69) is 20.4 Å². The minimum absolute atomic E-state index is 0.720. The molecule has 7 nitrogen and oxygen atoms in total. The monoisotopic (exact) mass is 333 g/mol. The minimum atomic E-state index is 0.720. The Morgan fingerprint density at radius 1 is 1.16 bits per heavy atom. The van der Waals surface area contributed by atoms with Crippen molar-refractivity contribution in [2.45, 2.75) is 6.42 Å². The molecule has 0 saturated heterocycles. The number of fused-ring (bicyclic) bond motifs is 1. The van der Waals surface area contributed by atoms with Crippen molar-refractivity contribution in [3.05, 3.63) is 60.8 Å². The van der Waals surface area contributed by atoms with E-state index in [0.717, 1.165) is 47.1 Å². The molecule has 0 aliphatic carbocycles. The van der Waals surface area contributed by atoms with Crippen molar-refractivity contribution in [1.82, 2.24) is 24.1 Å². The van der Waals surface area contributed by atoms with Gasteiger partial charge in [-0.1, -0.05) is 12.1 Å². The van der Waals surface area contributed by atoms with Gasteiger partial charge < -0.3 is 15.6 Å². The van der Waals surface area contributed by atoms with Gasteiger partial charge in [-0.25, -0.2) is 14.5 Å². The van der Waals surface area contributed by atoms with Crippen LogP contribution in [0.4, 0.5) is 11.5 Å². The predicted octanol–water partition coefficient (Wildman–Crippen LogP) is 2.37. The number of hydrogen-bond donors (Lipinski definition) is 2. The standard InChI is InChI=1S/C18H19N7/c1-24-11-15(22-12-24)7-8-20-17-5-6-18-21-10-16(25(18)23-17)13-3-2-4-14(19)9-13/h2-6,9-12H,7-8,19H2,1H3,(H,20,23). The summed E-state index contributed by atoms with van der Waals surface area (Å²) >= 11 is 0. The highest BCUT2D eigenvalue weighted by Crippen LogP contribution is 2.22. The Balaban J connectivity index is 1.55. The van der Waals surface area contributed by atoms with Crippen molar-refractivity contribution < 1.29 is 0 Å². The zero-order chi connectivity index (χ0) is 17.2. The predicted molar refractivity (Wildman–Crippen MR) is 98.2 cm³/mol. The first-order valence-corrected chi connectivity index (χ1v) is 8.10. The van der Waals surface area contributed by atoms with E-state index >= 15 is 0 Å². The van der Waals surface area contributed by atoms with Crippen LogP contribution in [-0.2, 0) is 13.5 Å². The van der Waals surface area contributed by atoms with Crippen molar-refractivity contribution in [2.75, 3.05) is 17.6 Å². The third kappa shape index (κ3) is 3.16. The first-order chi connectivity index (χ1) is 12.2. The largest absolute Gasteiger partial charge is 0.399 e. The zero-order valence-corrected chi connectivity index (χ0v) is 13.9. The molecule has 0 aliphatic heterocycles. The summed E-state index contributed by atoms with van der Waals surface area (Å²) in [5.41, 5.74) is 10.4. The highest BCUT2D eigenvalue weighted by molar-refractivity contribution is 5.67. The molecule has 4 rings (SSSR count). The number of aryl methyl sites for hydroxylation is 1. The summed E-state index contributed by atoms with van der Waals surface area (Å²) in [6.45, 7) is 0.762. The Morgan fingerprint density at radius 3 is 2.88 bits per heavy atom. The lowest BCUT2D eigenvalue weighted by molar-refractivity contribution is 0.904. The van der Waals surface area contributed by atoms with Gasteiger partial charge in [0.2, 0.25) is 0 Å². The van der Waals surface area contributed by atoms with Gasteiger partial charge in [0.15, 0.2) is 5.65 Å². The quantitative estimate of drug-likeness (QED) is 0.548. The van der Waals surface area contributed by atoms with Gasteiger partial charge >= 0.3 is 0 Å². The number of imidazole rings is 2. The molecule has 0 aliphatic rings. The molecule has 0 bridgehead atoms. The van der Waals surface area contributed by atoms with Crippen LogP contribution in [0.15, 0.2) is 55.1 Å². The minimum Gasteiger partial charge on any atom is -0.399 e. The van der Waals surface area contributed by atoms with Gasteiger partial charge in [-0.15, -0.1) is 5.10 Å². The third-order valence-corrected chi connectivity index (χ3v) is 3.99. The normalized spacial score (nSPS) is 11.1. The summed E-state index contributed by atoms with van der Waals surface area (Å²) in [6, 6.07) is 11.6. The van der Waals surface area contributed by atoms with Crippen molar-refractivity contribution in [2.24, 2.45) is 7.05 Å². The SMILES string of the molecule is Cn1cnc(CCNc2ccc3ncc(-c4cccc(N)c4)n3n2)c1. The molecule has 0 fully saturated rings. The number of aromatic nitrogens is 5. The number of rotatable bonds is 5. The van der Waals surface area contributed by atoms with Crippen LogP contribution in [-0.4, -0.2) is 30.7 Å². The molecular formula is C18H19N7. The maximum Gasteiger partial charge on any atom is 0.154 e. The Labute approximate surface area is 145 Å². The van der Waals surface area contributed by atoms with Gasteiger partial charge in [0.25, 0.3) is 0 Å². The molecule has 0 radical (unpaired) electrons. The van der Waals surface area contributed by atoms with Gasteiger partial charge in [-0.2, -0.15) is 0 Å². The number of hydrogen-bond acceptors (Lipinski definition) is 5. The summed E-state index contributed by atoms with van der Waals surface area (Å²) in [6.07, 6.45) is 6.48. The van der Waals surface area contributed by atoms with Crippen LogP contribution >= 0.6 is 0 Å². The van der Waals surface area contributed by atoms with E-state index in [1.54, 1.807) is 0 Å². The van der Waals surface area contributed by atoms with Crippen molar-refractivity contribution in [1.29, 1.82) is 0 Å². The number of nitrogens with zero attached hydrogens (tertiary/aromatic N) is 5. The number of benzene rings is 1. The first-order valence-electron chi connectivity index (χ1n) is 8.10. The molecular weight excluding hydrogens is 314 g/mol. The fraction of sp³-hybridized carbons (Fsp3) is 0.167. The van der Waals surface area contributed by atoms with Crippen LogP contribution in [0.2, 0.25) is 0 Å². The maximum absolute atomic E-state index is 5.89. The summed E-state index contributed by atoms with van der Waals surface area (Å²) < 4.78 is 3.78. The van der Waals surface area contributed by atoms with E-state index < -0.39 is 0 Å². The number of nitrogen functional groups attached to an aromatic ring is 1. The molecule has 0 spiro atoms. The van der Waals surface area contributed by atoms with Crippen LogP contribution in [0.1, 0.15) is 5.69 Å². The van der Waals surface area contributed by atoms with Crippen molar-refractivity contribution in [3.8, 4) is 11.3 Å². The molecule has 0 atom stereocenters. The van der Waals surface area contributed by atoms with Crippen LogP contribution in [0.3, 0.4) is 0 Å². The average Bonchev–Trinajstić information content (AvgIpc) is 3.21. The molecule has 4 aromatic rings. The molecule has 7 heteroatoms. The van der Waals surface area contributed by atoms with Gasteiger partial charge in [0.1, 0.15) is 5.82 Å². The fourth-order valence-corrected chi connectivity index (χ4v) is 2.78. The molecule has 0 unspecified atom stereocenters. The van der Waals surface area contributed by atoms with E-state index in [1.165, 1.54) is 0 Å². The average molecular weight is 333 g/mol. The molecule has 25 heavy (non-hydrogen) atoms. The van der Waals surface area contributed by atoms with E-state index in [9.17, 15) is 0 Å². The highest BCUT2D eigenvalue weighted by Gasteiger charge is 2.08. The van der Waals surface area contributed by atoms with E-state index in [1.807, 2.05) is 71.2 Å². The van der Waals surface area contributed by atoms with E-state index in [4.69, 9.17) is 5.73 Å². The van der Waals surface area contributed by atoms with Crippen LogP contribution in [0, 0.1) is 0 Å². The van der Waals surface area contributed by atoms with Crippen molar-refractivity contribution >= 4 is 17.2 Å². The summed E-state index contributed by atoms with van der Waals surface area (Å²) in [4.78, 5) is 8.74. The zero-order valence-electron chi connectivity index (χ0n) is 13.9. The summed E-state index contributed by atoms with van der Waals surface area (Å²) in [5, 5.41) is 7.99. The van der Waals surface area contributed by atoms with Crippen molar-refractivity contribution in [3.63, 3.8) is 0 Å². The molecule has 0 saturated carbocycles. The van der Waals surface area contributed by atoms with Gasteiger partial charge in [0, 0.05) is 37.5 Å². The van der Waals surface area contributed by atoms with Gasteiger partial charge in [-0.3, -0.25) is 0 Å². The highest BCUT2D eigenvalue weighted by atomic mass is 15.3. The van der Waals surface area contributed by atoms with E-state index in [-0.39, 0.29) is 0 Å². The Hall–Kier alpha value is -3.35. The van der Waals surface area contributed by atoms with Crippen LogP contribution in [0.25, 0.3) is 16.9 Å². The van der Waals surface area contributed by atoms with Gasteiger partial charge in [-0.05, 0) is 24.3 Å². The van der Waals surface area contributed by atoms with Crippen LogP contribution in [0.5, 0.6) is 0 Å². The number of anilines is 2. The Morgan fingerprint density at radius 2 is 2.08 bits per heavy atom. The Kier molecular flexibility index (Phi) is 3.81. The number of nitrogens with two attached hydrogens (primary N) is 1. The summed E-state index contributed by atoms with van der Waals surface area (Å²) in [5.74, 6) is 0.798. The maximum atomic E-state index is 5.89.